The zero-order chi connectivity index (χ0) is 28.6. The van der Waals surface area contributed by atoms with Crippen LogP contribution in [0.3, 0.4) is 0 Å². The van der Waals surface area contributed by atoms with E-state index in [-0.39, 0.29) is 34.1 Å². The first-order valence-corrected chi connectivity index (χ1v) is 19.7. The molecule has 0 aliphatic heterocycles. The van der Waals surface area contributed by atoms with Crippen LogP contribution < -0.4 is 0 Å². The maximum absolute atomic E-state index is 2.29. The van der Waals surface area contributed by atoms with E-state index >= 15 is 0 Å². The fraction of sp³-hybridized carbons (Fsp3) is 0.975. The smallest absolute Gasteiger partial charge is 0.0654 e. The van der Waals surface area contributed by atoms with Crippen molar-refractivity contribution in [2.24, 2.45) is 5.92 Å². The van der Waals surface area contributed by atoms with Gasteiger partial charge in [0, 0.05) is 34.1 Å². The maximum atomic E-state index is 2.29. The molecule has 0 aromatic rings. The van der Waals surface area contributed by atoms with Gasteiger partial charge in [0.25, 0.3) is 0 Å². The third-order valence-electron chi connectivity index (χ3n) is 10.1. The van der Waals surface area contributed by atoms with Crippen LogP contribution in [0.25, 0.3) is 0 Å². The fourth-order valence-electron chi connectivity index (χ4n) is 7.27. The summed E-state index contributed by atoms with van der Waals surface area (Å²) in [5.74, 6) is 2.99. The zero-order valence-electron chi connectivity index (χ0n) is 29.2. The molecule has 0 spiro atoms. The van der Waals surface area contributed by atoms with Crippen molar-refractivity contribution in [1.82, 2.24) is 0 Å². The van der Waals surface area contributed by atoms with Gasteiger partial charge in [0.05, 0.1) is 25.2 Å². The van der Waals surface area contributed by atoms with Crippen LogP contribution in [0.1, 0.15) is 245 Å². The predicted molar refractivity (Wildman–Crippen MR) is 184 cm³/mol. The average molecular weight is 672 g/mol. The van der Waals surface area contributed by atoms with Crippen LogP contribution in [-0.2, 0) is 34.1 Å². The molecule has 0 saturated heterocycles. The van der Waals surface area contributed by atoms with Crippen molar-refractivity contribution in [2.45, 2.75) is 245 Å². The molecule has 254 valence electrons. The van der Waals surface area contributed by atoms with E-state index in [1.807, 2.05) is 5.92 Å². The molecule has 4 fully saturated rings. The van der Waals surface area contributed by atoms with Crippen LogP contribution in [0.2, 0.25) is 0 Å². The first kappa shape index (κ1) is 45.0. The molecule has 0 N–H and O–H groups in total. The summed E-state index contributed by atoms with van der Waals surface area (Å²) in [6.45, 7) is 4.58. The maximum Gasteiger partial charge on any atom is 0.0904 e. The summed E-state index contributed by atoms with van der Waals surface area (Å²) >= 11 is 0. The minimum atomic E-state index is 0. The Hall–Kier alpha value is 0.909. The summed E-state index contributed by atoms with van der Waals surface area (Å²) in [6.07, 6.45) is 53.4. The van der Waals surface area contributed by atoms with E-state index in [0.717, 1.165) is 5.92 Å². The molecule has 0 unspecified atom stereocenters. The topological polar surface area (TPSA) is 0 Å². The number of unbranched alkanes of at least 4 members (excludes halogenated alkanes) is 14. The van der Waals surface area contributed by atoms with E-state index in [4.69, 9.17) is 0 Å². The summed E-state index contributed by atoms with van der Waals surface area (Å²) in [5, 5.41) is 0. The second-order valence-corrected chi connectivity index (χ2v) is 14.1. The monoisotopic (exact) mass is 671 g/mol. The molecule has 0 aromatic carbocycles. The zero-order valence-corrected chi connectivity index (χ0v) is 31.4. The van der Waals surface area contributed by atoms with Crippen molar-refractivity contribution in [3.8, 4) is 0 Å². The summed E-state index contributed by atoms with van der Waals surface area (Å²) < 4.78 is 0. The quantitative estimate of drug-likeness (QED) is 0.0773. The Morgan fingerprint density at radius 3 is 1.10 bits per heavy atom. The first-order valence-electron chi connectivity index (χ1n) is 19.7. The Morgan fingerprint density at radius 2 is 0.714 bits per heavy atom. The number of hydrogen-bond acceptors (Lipinski definition) is 0. The molecule has 4 rings (SSSR count). The normalized spacial score (nSPS) is 17.7. The van der Waals surface area contributed by atoms with Crippen LogP contribution in [0.15, 0.2) is 0 Å². The summed E-state index contributed by atoms with van der Waals surface area (Å²) in [4.78, 5) is 0. The van der Waals surface area contributed by atoms with E-state index in [2.05, 4.69) is 13.8 Å². The molecule has 0 amide bonds. The van der Waals surface area contributed by atoms with Crippen molar-refractivity contribution in [3.05, 3.63) is 5.92 Å². The molecule has 0 aromatic heterocycles. The van der Waals surface area contributed by atoms with Gasteiger partial charge in [0.2, 0.25) is 0 Å². The molecule has 0 radical (unpaired) electrons. The van der Waals surface area contributed by atoms with E-state index < -0.39 is 0 Å². The van der Waals surface area contributed by atoms with E-state index in [1.165, 1.54) is 231 Å². The Kier molecular flexibility index (Phi) is 40.8. The minimum absolute atomic E-state index is 0. The van der Waals surface area contributed by atoms with Gasteiger partial charge in [-0.3, -0.25) is 0 Å². The molecule has 0 heterocycles. The van der Waals surface area contributed by atoms with Crippen LogP contribution in [0, 0.1) is 11.8 Å². The van der Waals surface area contributed by atoms with Gasteiger partial charge in [-0.1, -0.05) is 200 Å². The number of rotatable bonds is 18. The standard InChI is InChI=1S/C15H30.C15H29.2C5H10.2Fe/c2*1-2-3-4-5-6-7-8-9-12-15-13-10-11-14-15;2*1-2-4-5-3-1;;/h15H,2-14H2,1H3;2-14H2,1H3;2*1-5H2;;/q;+1;;;;. The Balaban J connectivity index is 0. The van der Waals surface area contributed by atoms with Crippen molar-refractivity contribution in [3.63, 3.8) is 0 Å². The van der Waals surface area contributed by atoms with E-state index in [0.29, 0.717) is 0 Å². The van der Waals surface area contributed by atoms with Crippen LogP contribution in [0.4, 0.5) is 0 Å². The van der Waals surface area contributed by atoms with Gasteiger partial charge in [-0.15, -0.1) is 0 Å². The first-order chi connectivity index (χ1) is 19.9. The van der Waals surface area contributed by atoms with Crippen molar-refractivity contribution in [1.29, 1.82) is 0 Å². The van der Waals surface area contributed by atoms with E-state index in [1.54, 1.807) is 0 Å². The largest absolute Gasteiger partial charge is 0.0904 e. The third-order valence-corrected chi connectivity index (χ3v) is 10.1. The predicted octanol–water partition coefficient (Wildman–Crippen LogP) is 15.3. The Labute approximate surface area is 289 Å². The second-order valence-electron chi connectivity index (χ2n) is 14.1. The van der Waals surface area contributed by atoms with Gasteiger partial charge < -0.3 is 0 Å². The van der Waals surface area contributed by atoms with Gasteiger partial charge in [-0.2, -0.15) is 0 Å². The van der Waals surface area contributed by atoms with Gasteiger partial charge in [-0.25, -0.2) is 0 Å². The van der Waals surface area contributed by atoms with Crippen molar-refractivity contribution >= 4 is 0 Å². The van der Waals surface area contributed by atoms with Crippen molar-refractivity contribution < 1.29 is 34.1 Å². The summed E-state index contributed by atoms with van der Waals surface area (Å²) in [6, 6.07) is 0. The average Bonchev–Trinajstić information content (AvgIpc) is 3.82. The van der Waals surface area contributed by atoms with Gasteiger partial charge >= 0.3 is 0 Å². The molecule has 2 heteroatoms. The molecule has 4 saturated carbocycles. The van der Waals surface area contributed by atoms with Crippen LogP contribution in [-0.4, -0.2) is 0 Å². The Morgan fingerprint density at radius 1 is 0.381 bits per heavy atom. The summed E-state index contributed by atoms with van der Waals surface area (Å²) in [5.41, 5.74) is 0. The SMILES string of the molecule is C1CCCC1.C1CCCC1.CCCCCCCCCCC1CCCC1.CCCCCCCCCC[C+]1CCCC1.[Fe].[Fe]. The second kappa shape index (κ2) is 38.1. The molecular weight excluding hydrogens is 592 g/mol. The molecule has 42 heavy (non-hydrogen) atoms. The fourth-order valence-corrected chi connectivity index (χ4v) is 7.27. The van der Waals surface area contributed by atoms with Gasteiger partial charge in [0.1, 0.15) is 0 Å². The van der Waals surface area contributed by atoms with Crippen molar-refractivity contribution in [2.75, 3.05) is 0 Å². The molecule has 4 aliphatic rings. The third kappa shape index (κ3) is 32.3. The van der Waals surface area contributed by atoms with Crippen LogP contribution >= 0.6 is 0 Å². The van der Waals surface area contributed by atoms with E-state index in [9.17, 15) is 0 Å². The van der Waals surface area contributed by atoms with Crippen LogP contribution in [0.5, 0.6) is 0 Å². The molecule has 0 nitrogen and oxygen atoms in total. The number of hydrogen-bond donors (Lipinski definition) is 0. The van der Waals surface area contributed by atoms with Gasteiger partial charge in [0.15, 0.2) is 0 Å². The summed E-state index contributed by atoms with van der Waals surface area (Å²) in [7, 11) is 0. The molecule has 0 atom stereocenters. The Bertz CT molecular complexity index is 387. The minimum Gasteiger partial charge on any atom is -0.0654 e. The molecule has 0 bridgehead atoms. The molecular formula is C40H79Fe2+. The van der Waals surface area contributed by atoms with Gasteiger partial charge in [-0.05, 0) is 31.6 Å². The molecule has 4 aliphatic carbocycles.